The fourth-order valence-corrected chi connectivity index (χ4v) is 2.91. The number of hydrogen-bond donors (Lipinski definition) is 0. The summed E-state index contributed by atoms with van der Waals surface area (Å²) in [4.78, 5) is 39.9. The van der Waals surface area contributed by atoms with Crippen LogP contribution in [0.5, 0.6) is 5.75 Å². The fourth-order valence-electron chi connectivity index (χ4n) is 2.91. The number of amides is 2. The lowest BCUT2D eigenvalue weighted by atomic mass is 10.3. The Kier molecular flexibility index (Phi) is 5.85. The van der Waals surface area contributed by atoms with Gasteiger partial charge in [-0.05, 0) is 31.5 Å². The molecular formula is C19H22N4O4. The van der Waals surface area contributed by atoms with Crippen molar-refractivity contribution in [1.82, 2.24) is 19.6 Å². The number of carbonyl (C=O) groups is 2. The third-order valence-electron chi connectivity index (χ3n) is 4.37. The molecule has 3 rings (SSSR count). The van der Waals surface area contributed by atoms with E-state index in [-0.39, 0.29) is 17.2 Å². The van der Waals surface area contributed by atoms with E-state index in [9.17, 15) is 14.4 Å². The molecule has 1 aliphatic heterocycles. The van der Waals surface area contributed by atoms with E-state index in [1.165, 1.54) is 16.8 Å². The average molecular weight is 370 g/mol. The summed E-state index contributed by atoms with van der Waals surface area (Å²) in [5.74, 6) is 0.251. The van der Waals surface area contributed by atoms with Gasteiger partial charge in [0.1, 0.15) is 11.4 Å². The number of hydrogen-bond acceptors (Lipinski definition) is 5. The van der Waals surface area contributed by atoms with Crippen molar-refractivity contribution >= 4 is 12.0 Å². The van der Waals surface area contributed by atoms with Gasteiger partial charge in [-0.25, -0.2) is 9.48 Å². The molecule has 0 N–H and O–H groups in total. The molecule has 1 fully saturated rings. The molecule has 0 bridgehead atoms. The highest BCUT2D eigenvalue weighted by molar-refractivity contribution is 5.92. The molecule has 0 saturated carbocycles. The molecule has 2 aromatic rings. The SMILES string of the molecule is CCn1nc(C(=O)N2CCCN(C(=O)Oc3ccccc3)CC2)ccc1=O. The standard InChI is InChI=1S/C19H22N4O4/c1-2-23-17(24)10-9-16(20-23)18(25)21-11-6-12-22(14-13-21)19(26)27-15-7-4-3-5-8-15/h3-5,7-10H,2,6,11-14H2,1H3. The summed E-state index contributed by atoms with van der Waals surface area (Å²) in [5, 5.41) is 4.11. The van der Waals surface area contributed by atoms with Crippen LogP contribution in [-0.4, -0.2) is 57.8 Å². The molecule has 1 aliphatic rings. The lowest BCUT2D eigenvalue weighted by Gasteiger charge is -2.21. The Labute approximate surface area is 157 Å². The average Bonchev–Trinajstić information content (AvgIpc) is 2.95. The van der Waals surface area contributed by atoms with Crippen LogP contribution in [0.15, 0.2) is 47.3 Å². The molecule has 1 saturated heterocycles. The Morgan fingerprint density at radius 3 is 2.44 bits per heavy atom. The number of ether oxygens (including phenoxy) is 1. The first kappa shape index (κ1) is 18.6. The maximum Gasteiger partial charge on any atom is 0.415 e. The summed E-state index contributed by atoms with van der Waals surface area (Å²) in [5.41, 5.74) is -0.00323. The van der Waals surface area contributed by atoms with Gasteiger partial charge in [-0.2, -0.15) is 5.10 Å². The predicted octanol–water partition coefficient (Wildman–Crippen LogP) is 1.61. The summed E-state index contributed by atoms with van der Waals surface area (Å²) >= 11 is 0. The minimum Gasteiger partial charge on any atom is -0.410 e. The molecular weight excluding hydrogens is 348 g/mol. The third-order valence-corrected chi connectivity index (χ3v) is 4.37. The normalized spacial score (nSPS) is 14.6. The van der Waals surface area contributed by atoms with E-state index >= 15 is 0 Å². The molecule has 1 aromatic carbocycles. The molecule has 142 valence electrons. The van der Waals surface area contributed by atoms with Crippen LogP contribution < -0.4 is 10.3 Å². The number of rotatable bonds is 3. The van der Waals surface area contributed by atoms with Crippen molar-refractivity contribution in [3.8, 4) is 5.75 Å². The number of nitrogens with zero attached hydrogens (tertiary/aromatic N) is 4. The van der Waals surface area contributed by atoms with Crippen molar-refractivity contribution in [1.29, 1.82) is 0 Å². The lowest BCUT2D eigenvalue weighted by molar-refractivity contribution is 0.0751. The van der Waals surface area contributed by atoms with Crippen LogP contribution in [0.2, 0.25) is 0 Å². The van der Waals surface area contributed by atoms with Gasteiger partial charge in [0.2, 0.25) is 0 Å². The number of aromatic nitrogens is 2. The number of carbonyl (C=O) groups excluding carboxylic acids is 2. The first-order valence-electron chi connectivity index (χ1n) is 8.97. The highest BCUT2D eigenvalue weighted by atomic mass is 16.6. The summed E-state index contributed by atoms with van der Waals surface area (Å²) in [6.45, 7) is 3.99. The monoisotopic (exact) mass is 370 g/mol. The van der Waals surface area contributed by atoms with Crippen LogP contribution in [0.25, 0.3) is 0 Å². The van der Waals surface area contributed by atoms with E-state index in [0.717, 1.165) is 0 Å². The van der Waals surface area contributed by atoms with Gasteiger partial charge in [-0.1, -0.05) is 18.2 Å². The zero-order chi connectivity index (χ0) is 19.2. The number of para-hydroxylation sites is 1. The second kappa shape index (κ2) is 8.48. The molecule has 27 heavy (non-hydrogen) atoms. The molecule has 2 heterocycles. The lowest BCUT2D eigenvalue weighted by Crippen LogP contribution is -2.39. The summed E-state index contributed by atoms with van der Waals surface area (Å²) in [7, 11) is 0. The van der Waals surface area contributed by atoms with E-state index in [2.05, 4.69) is 5.10 Å². The quantitative estimate of drug-likeness (QED) is 0.819. The van der Waals surface area contributed by atoms with Gasteiger partial charge in [0, 0.05) is 38.8 Å². The largest absolute Gasteiger partial charge is 0.415 e. The molecule has 0 unspecified atom stereocenters. The molecule has 8 nitrogen and oxygen atoms in total. The van der Waals surface area contributed by atoms with Gasteiger partial charge < -0.3 is 14.5 Å². The van der Waals surface area contributed by atoms with Crippen molar-refractivity contribution in [3.63, 3.8) is 0 Å². The maximum atomic E-state index is 12.7. The second-order valence-electron chi connectivity index (χ2n) is 6.19. The second-order valence-corrected chi connectivity index (χ2v) is 6.19. The van der Waals surface area contributed by atoms with Gasteiger partial charge in [0.05, 0.1) is 0 Å². The van der Waals surface area contributed by atoms with E-state index in [1.54, 1.807) is 41.0 Å². The van der Waals surface area contributed by atoms with Crippen molar-refractivity contribution in [3.05, 3.63) is 58.5 Å². The summed E-state index contributed by atoms with van der Waals surface area (Å²) in [6.07, 6.45) is 0.219. The van der Waals surface area contributed by atoms with Crippen LogP contribution in [0.4, 0.5) is 4.79 Å². The Balaban J connectivity index is 1.63. The molecule has 2 amide bonds. The minimum atomic E-state index is -0.423. The van der Waals surface area contributed by atoms with Crippen molar-refractivity contribution < 1.29 is 14.3 Å². The summed E-state index contributed by atoms with van der Waals surface area (Å²) in [6, 6.07) is 11.7. The third kappa shape index (κ3) is 4.52. The van der Waals surface area contributed by atoms with E-state index in [1.807, 2.05) is 6.07 Å². The van der Waals surface area contributed by atoms with Crippen molar-refractivity contribution in [2.75, 3.05) is 26.2 Å². The number of benzene rings is 1. The van der Waals surface area contributed by atoms with Gasteiger partial charge in [-0.3, -0.25) is 9.59 Å². The predicted molar refractivity (Wildman–Crippen MR) is 98.7 cm³/mol. The molecule has 0 aliphatic carbocycles. The molecule has 1 aromatic heterocycles. The van der Waals surface area contributed by atoms with Gasteiger partial charge in [0.15, 0.2) is 0 Å². The smallest absolute Gasteiger partial charge is 0.410 e. The first-order valence-corrected chi connectivity index (χ1v) is 8.97. The van der Waals surface area contributed by atoms with Crippen LogP contribution >= 0.6 is 0 Å². The Bertz CT molecular complexity index is 866. The fraction of sp³-hybridized carbons (Fsp3) is 0.368. The van der Waals surface area contributed by atoms with Crippen LogP contribution in [0, 0.1) is 0 Å². The number of aryl methyl sites for hydroxylation is 1. The van der Waals surface area contributed by atoms with Gasteiger partial charge in [0.25, 0.3) is 11.5 Å². The summed E-state index contributed by atoms with van der Waals surface area (Å²) < 4.78 is 6.62. The zero-order valence-corrected chi connectivity index (χ0v) is 15.2. The van der Waals surface area contributed by atoms with Crippen LogP contribution in [-0.2, 0) is 6.54 Å². The molecule has 8 heteroatoms. The van der Waals surface area contributed by atoms with Gasteiger partial charge >= 0.3 is 6.09 Å². The zero-order valence-electron chi connectivity index (χ0n) is 15.2. The molecule has 0 spiro atoms. The molecule has 0 atom stereocenters. The van der Waals surface area contributed by atoms with E-state index in [4.69, 9.17) is 4.74 Å². The minimum absolute atomic E-state index is 0.233. The van der Waals surface area contributed by atoms with E-state index in [0.29, 0.717) is 44.9 Å². The van der Waals surface area contributed by atoms with Crippen LogP contribution in [0.1, 0.15) is 23.8 Å². The topological polar surface area (TPSA) is 84.7 Å². The highest BCUT2D eigenvalue weighted by Gasteiger charge is 2.24. The highest BCUT2D eigenvalue weighted by Crippen LogP contribution is 2.12. The maximum absolute atomic E-state index is 12.7. The first-order chi connectivity index (χ1) is 13.1. The van der Waals surface area contributed by atoms with Crippen LogP contribution in [0.3, 0.4) is 0 Å². The van der Waals surface area contributed by atoms with E-state index < -0.39 is 6.09 Å². The Morgan fingerprint density at radius 2 is 1.70 bits per heavy atom. The van der Waals surface area contributed by atoms with Gasteiger partial charge in [-0.15, -0.1) is 0 Å². The Morgan fingerprint density at radius 1 is 1.00 bits per heavy atom. The van der Waals surface area contributed by atoms with Crippen molar-refractivity contribution in [2.24, 2.45) is 0 Å². The van der Waals surface area contributed by atoms with Crippen molar-refractivity contribution in [2.45, 2.75) is 19.9 Å². The molecule has 0 radical (unpaired) electrons. The Hall–Kier alpha value is -3.16.